The highest BCUT2D eigenvalue weighted by Crippen LogP contribution is 2.28. The lowest BCUT2D eigenvalue weighted by atomic mass is 10.3. The van der Waals surface area contributed by atoms with Crippen LogP contribution in [-0.4, -0.2) is 48.8 Å². The highest BCUT2D eigenvalue weighted by atomic mass is 32.2. The predicted octanol–water partition coefficient (Wildman–Crippen LogP) is 1.49. The minimum atomic E-state index is -3.49. The molecule has 2 rings (SSSR count). The van der Waals surface area contributed by atoms with Gasteiger partial charge in [-0.1, -0.05) is 0 Å². The first-order chi connectivity index (χ1) is 9.28. The van der Waals surface area contributed by atoms with Gasteiger partial charge < -0.3 is 4.74 Å². The number of ether oxygens (including phenoxy) is 1. The van der Waals surface area contributed by atoms with E-state index in [0.29, 0.717) is 29.4 Å². The SMILES string of the molecule is CO[C@H]1CCN(S(=O)(=O)c2c(C)nn(C(C)C)c2C)C1. The van der Waals surface area contributed by atoms with Gasteiger partial charge in [0.1, 0.15) is 4.90 Å². The second-order valence-corrected chi connectivity index (χ2v) is 7.42. The Hall–Kier alpha value is -0.920. The zero-order chi connectivity index (χ0) is 15.1. The third kappa shape index (κ3) is 2.49. The van der Waals surface area contributed by atoms with E-state index in [0.717, 1.165) is 6.42 Å². The van der Waals surface area contributed by atoms with Crippen LogP contribution in [0.1, 0.15) is 37.7 Å². The van der Waals surface area contributed by atoms with E-state index in [2.05, 4.69) is 5.10 Å². The first-order valence-corrected chi connectivity index (χ1v) is 8.31. The highest BCUT2D eigenvalue weighted by molar-refractivity contribution is 7.89. The number of rotatable bonds is 4. The van der Waals surface area contributed by atoms with E-state index in [1.807, 2.05) is 20.8 Å². The van der Waals surface area contributed by atoms with Gasteiger partial charge >= 0.3 is 0 Å². The van der Waals surface area contributed by atoms with Gasteiger partial charge in [-0.2, -0.15) is 9.40 Å². The lowest BCUT2D eigenvalue weighted by Gasteiger charge is -2.17. The van der Waals surface area contributed by atoms with Crippen molar-refractivity contribution < 1.29 is 13.2 Å². The number of sulfonamides is 1. The van der Waals surface area contributed by atoms with Crippen LogP contribution >= 0.6 is 0 Å². The molecule has 1 saturated heterocycles. The van der Waals surface area contributed by atoms with Crippen LogP contribution in [0.5, 0.6) is 0 Å². The number of methoxy groups -OCH3 is 1. The summed E-state index contributed by atoms with van der Waals surface area (Å²) in [4.78, 5) is 0.350. The van der Waals surface area contributed by atoms with Crippen LogP contribution < -0.4 is 0 Å². The number of aryl methyl sites for hydroxylation is 1. The Balaban J connectivity index is 2.40. The van der Waals surface area contributed by atoms with Gasteiger partial charge in [0.2, 0.25) is 10.0 Å². The average molecular weight is 301 g/mol. The van der Waals surface area contributed by atoms with Crippen molar-refractivity contribution in [1.29, 1.82) is 0 Å². The first-order valence-electron chi connectivity index (χ1n) is 6.87. The van der Waals surface area contributed by atoms with Crippen LogP contribution in [0.15, 0.2) is 4.90 Å². The smallest absolute Gasteiger partial charge is 0.246 e. The summed E-state index contributed by atoms with van der Waals surface area (Å²) in [6.45, 7) is 8.48. The molecule has 6 nitrogen and oxygen atoms in total. The third-order valence-corrected chi connectivity index (χ3v) is 5.90. The summed E-state index contributed by atoms with van der Waals surface area (Å²) < 4.78 is 34.1. The average Bonchev–Trinajstić information content (AvgIpc) is 2.94. The molecule has 0 saturated carbocycles. The molecule has 1 aromatic heterocycles. The standard InChI is InChI=1S/C13H23N3O3S/c1-9(2)16-11(4)13(10(3)14-16)20(17,18)15-7-6-12(8-15)19-5/h9,12H,6-8H2,1-5H3/t12-/m0/s1. The van der Waals surface area contributed by atoms with Crippen LogP contribution in [0.3, 0.4) is 0 Å². The van der Waals surface area contributed by atoms with E-state index in [4.69, 9.17) is 4.74 Å². The molecule has 0 bridgehead atoms. The molecular formula is C13H23N3O3S. The van der Waals surface area contributed by atoms with Gasteiger partial charge in [0.15, 0.2) is 0 Å². The minimum Gasteiger partial charge on any atom is -0.380 e. The highest BCUT2D eigenvalue weighted by Gasteiger charge is 2.36. The molecule has 1 aromatic rings. The molecule has 0 amide bonds. The number of aromatic nitrogens is 2. The molecule has 1 fully saturated rings. The maximum absolute atomic E-state index is 12.8. The van der Waals surface area contributed by atoms with Crippen molar-refractivity contribution in [3.63, 3.8) is 0 Å². The molecule has 0 N–H and O–H groups in total. The van der Waals surface area contributed by atoms with E-state index in [1.165, 1.54) is 4.31 Å². The van der Waals surface area contributed by atoms with E-state index in [9.17, 15) is 8.42 Å². The number of hydrogen-bond acceptors (Lipinski definition) is 4. The number of nitrogens with zero attached hydrogens (tertiary/aromatic N) is 3. The monoisotopic (exact) mass is 301 g/mol. The molecule has 114 valence electrons. The van der Waals surface area contributed by atoms with Gasteiger partial charge in [-0.15, -0.1) is 0 Å². The predicted molar refractivity (Wildman–Crippen MR) is 76.3 cm³/mol. The van der Waals surface area contributed by atoms with Gasteiger partial charge in [-0.3, -0.25) is 4.68 Å². The molecule has 1 aliphatic rings. The molecule has 7 heteroatoms. The van der Waals surface area contributed by atoms with E-state index in [-0.39, 0.29) is 12.1 Å². The van der Waals surface area contributed by atoms with Crippen molar-refractivity contribution in [3.05, 3.63) is 11.4 Å². The molecule has 20 heavy (non-hydrogen) atoms. The Morgan fingerprint density at radius 3 is 2.45 bits per heavy atom. The van der Waals surface area contributed by atoms with Gasteiger partial charge in [0.05, 0.1) is 17.5 Å². The van der Waals surface area contributed by atoms with Gasteiger partial charge in [0.25, 0.3) is 0 Å². The van der Waals surface area contributed by atoms with E-state index >= 15 is 0 Å². The van der Waals surface area contributed by atoms with Gasteiger partial charge in [-0.25, -0.2) is 8.42 Å². The summed E-state index contributed by atoms with van der Waals surface area (Å²) in [7, 11) is -1.87. The topological polar surface area (TPSA) is 64.4 Å². The van der Waals surface area contributed by atoms with Gasteiger partial charge in [0, 0.05) is 26.2 Å². The zero-order valence-electron chi connectivity index (χ0n) is 12.8. The van der Waals surface area contributed by atoms with Crippen molar-refractivity contribution in [2.45, 2.75) is 51.2 Å². The lowest BCUT2D eigenvalue weighted by molar-refractivity contribution is 0.115. The molecule has 0 aromatic carbocycles. The second-order valence-electron chi connectivity index (χ2n) is 5.55. The maximum Gasteiger partial charge on any atom is 0.246 e. The molecule has 1 atom stereocenters. The maximum atomic E-state index is 12.8. The minimum absolute atomic E-state index is 0.00877. The molecule has 0 radical (unpaired) electrons. The van der Waals surface area contributed by atoms with Crippen molar-refractivity contribution in [3.8, 4) is 0 Å². The van der Waals surface area contributed by atoms with Crippen molar-refractivity contribution in [2.24, 2.45) is 0 Å². The number of hydrogen-bond donors (Lipinski definition) is 0. The fourth-order valence-corrected chi connectivity index (χ4v) is 4.61. The molecule has 0 aliphatic carbocycles. The fourth-order valence-electron chi connectivity index (χ4n) is 2.76. The largest absolute Gasteiger partial charge is 0.380 e. The van der Waals surface area contributed by atoms with Crippen LogP contribution in [0, 0.1) is 13.8 Å². The molecule has 1 aliphatic heterocycles. The summed E-state index contributed by atoms with van der Waals surface area (Å²) in [5.74, 6) is 0. The lowest BCUT2D eigenvalue weighted by Crippen LogP contribution is -2.30. The first kappa shape index (κ1) is 15.5. The quantitative estimate of drug-likeness (QED) is 0.845. The van der Waals surface area contributed by atoms with E-state index in [1.54, 1.807) is 18.7 Å². The van der Waals surface area contributed by atoms with Crippen LogP contribution in [-0.2, 0) is 14.8 Å². The zero-order valence-corrected chi connectivity index (χ0v) is 13.6. The Morgan fingerprint density at radius 2 is 2.00 bits per heavy atom. The normalized spacial score (nSPS) is 21.0. The second kappa shape index (κ2) is 5.46. The Labute approximate surface area is 120 Å². The third-order valence-electron chi connectivity index (χ3n) is 3.79. The Morgan fingerprint density at radius 1 is 1.35 bits per heavy atom. The van der Waals surface area contributed by atoms with Crippen LogP contribution in [0.25, 0.3) is 0 Å². The summed E-state index contributed by atoms with van der Waals surface area (Å²) >= 11 is 0. The van der Waals surface area contributed by atoms with Crippen molar-refractivity contribution in [2.75, 3.05) is 20.2 Å². The Kier molecular flexibility index (Phi) is 4.22. The molecule has 0 unspecified atom stereocenters. The summed E-state index contributed by atoms with van der Waals surface area (Å²) in [5.41, 5.74) is 1.27. The summed E-state index contributed by atoms with van der Waals surface area (Å²) in [5, 5.41) is 4.37. The molecule has 2 heterocycles. The fraction of sp³-hybridized carbons (Fsp3) is 0.769. The Bertz CT molecular complexity index is 592. The van der Waals surface area contributed by atoms with Crippen molar-refractivity contribution >= 4 is 10.0 Å². The van der Waals surface area contributed by atoms with E-state index < -0.39 is 10.0 Å². The van der Waals surface area contributed by atoms with Crippen LogP contribution in [0.2, 0.25) is 0 Å². The van der Waals surface area contributed by atoms with Gasteiger partial charge in [-0.05, 0) is 34.1 Å². The molecular weight excluding hydrogens is 278 g/mol. The van der Waals surface area contributed by atoms with Crippen molar-refractivity contribution in [1.82, 2.24) is 14.1 Å². The van der Waals surface area contributed by atoms with Crippen LogP contribution in [0.4, 0.5) is 0 Å². The summed E-state index contributed by atoms with van der Waals surface area (Å²) in [6.07, 6.45) is 0.733. The summed E-state index contributed by atoms with van der Waals surface area (Å²) in [6, 6.07) is 0.142. The molecule has 0 spiro atoms.